The van der Waals surface area contributed by atoms with E-state index in [0.29, 0.717) is 21.4 Å². The first kappa shape index (κ1) is 22.1. The number of nitrogens with zero attached hydrogens (tertiary/aromatic N) is 2. The molecule has 3 aromatic carbocycles. The number of benzene rings is 3. The van der Waals surface area contributed by atoms with Gasteiger partial charge in [0, 0.05) is 33.5 Å². The number of fused-ring (bicyclic) bond motifs is 1. The summed E-state index contributed by atoms with van der Waals surface area (Å²) in [7, 11) is 1.63. The number of hydrogen-bond acceptors (Lipinski definition) is 5. The molecule has 7 heteroatoms. The van der Waals surface area contributed by atoms with E-state index in [0.717, 1.165) is 39.1 Å². The number of amides is 1. The predicted octanol–water partition coefficient (Wildman–Crippen LogP) is 6.86. The van der Waals surface area contributed by atoms with Crippen molar-refractivity contribution in [2.24, 2.45) is 0 Å². The molecule has 2 aromatic heterocycles. The number of thiazole rings is 1. The van der Waals surface area contributed by atoms with Crippen LogP contribution in [0.15, 0.2) is 85.1 Å². The third-order valence-electron chi connectivity index (χ3n) is 5.41. The average Bonchev–Trinajstić information content (AvgIpc) is 3.31. The maximum Gasteiger partial charge on any atom is 0.258 e. The Morgan fingerprint density at radius 1 is 1.03 bits per heavy atom. The van der Waals surface area contributed by atoms with Crippen molar-refractivity contribution in [1.29, 1.82) is 0 Å². The van der Waals surface area contributed by atoms with Gasteiger partial charge in [0.15, 0.2) is 5.13 Å². The number of halogens is 1. The number of methoxy groups -OCH3 is 1. The molecule has 2 heterocycles. The molecule has 0 saturated carbocycles. The lowest BCUT2D eigenvalue weighted by Crippen LogP contribution is -2.12. The van der Waals surface area contributed by atoms with E-state index in [2.05, 4.69) is 10.3 Å². The Morgan fingerprint density at radius 2 is 1.79 bits per heavy atom. The summed E-state index contributed by atoms with van der Waals surface area (Å²) >= 11 is 7.43. The second kappa shape index (κ2) is 9.63. The van der Waals surface area contributed by atoms with Crippen LogP contribution in [0.25, 0.3) is 22.2 Å². The number of para-hydroxylation sites is 1. The largest absolute Gasteiger partial charge is 0.497 e. The number of carbonyl (C=O) groups excluding carboxylic acids is 1. The minimum absolute atomic E-state index is 0.222. The number of carbonyl (C=O) groups is 1. The first-order valence-electron chi connectivity index (χ1n) is 10.6. The van der Waals surface area contributed by atoms with E-state index < -0.39 is 0 Å². The zero-order chi connectivity index (χ0) is 23.5. The van der Waals surface area contributed by atoms with Crippen molar-refractivity contribution in [1.82, 2.24) is 9.97 Å². The number of ether oxygens (including phenoxy) is 1. The van der Waals surface area contributed by atoms with Crippen LogP contribution >= 0.6 is 22.9 Å². The molecule has 0 unspecified atom stereocenters. The number of anilines is 1. The summed E-state index contributed by atoms with van der Waals surface area (Å²) in [5.41, 5.74) is 4.05. The summed E-state index contributed by atoms with van der Waals surface area (Å²) in [5, 5.41) is 5.01. The van der Waals surface area contributed by atoms with Crippen molar-refractivity contribution in [3.05, 3.63) is 106 Å². The normalized spacial score (nSPS) is 10.9. The van der Waals surface area contributed by atoms with Crippen molar-refractivity contribution < 1.29 is 9.53 Å². The highest BCUT2D eigenvalue weighted by atomic mass is 35.5. The maximum absolute atomic E-state index is 13.3. The second-order valence-corrected chi connectivity index (χ2v) is 9.24. The molecular formula is C27H20ClN3O2S. The molecule has 0 atom stereocenters. The third-order valence-corrected chi connectivity index (χ3v) is 6.58. The number of rotatable bonds is 6. The molecule has 5 aromatic rings. The van der Waals surface area contributed by atoms with Crippen LogP contribution in [-0.4, -0.2) is 23.0 Å². The molecule has 0 aliphatic rings. The Labute approximate surface area is 206 Å². The fraction of sp³-hybridized carbons (Fsp3) is 0.0741. The van der Waals surface area contributed by atoms with Gasteiger partial charge in [0.2, 0.25) is 0 Å². The van der Waals surface area contributed by atoms with Gasteiger partial charge < -0.3 is 4.74 Å². The molecule has 0 spiro atoms. The first-order valence-corrected chi connectivity index (χ1v) is 11.8. The summed E-state index contributed by atoms with van der Waals surface area (Å²) in [4.78, 5) is 23.5. The predicted molar refractivity (Wildman–Crippen MR) is 138 cm³/mol. The zero-order valence-electron chi connectivity index (χ0n) is 18.3. The van der Waals surface area contributed by atoms with E-state index in [1.165, 1.54) is 11.3 Å². The third kappa shape index (κ3) is 4.78. The van der Waals surface area contributed by atoms with Gasteiger partial charge in [0.1, 0.15) is 5.75 Å². The van der Waals surface area contributed by atoms with Crippen molar-refractivity contribution >= 4 is 44.9 Å². The Balaban J connectivity index is 1.42. The average molecular weight is 486 g/mol. The van der Waals surface area contributed by atoms with Gasteiger partial charge in [0.05, 0.1) is 23.9 Å². The molecule has 5 rings (SSSR count). The molecule has 34 heavy (non-hydrogen) atoms. The van der Waals surface area contributed by atoms with Gasteiger partial charge in [-0.3, -0.25) is 10.1 Å². The lowest BCUT2D eigenvalue weighted by molar-refractivity contribution is 0.102. The highest BCUT2D eigenvalue weighted by Gasteiger charge is 2.16. The quantitative estimate of drug-likeness (QED) is 0.285. The Hall–Kier alpha value is -3.74. The van der Waals surface area contributed by atoms with Crippen LogP contribution in [-0.2, 0) is 6.42 Å². The molecule has 0 fully saturated rings. The van der Waals surface area contributed by atoms with E-state index in [-0.39, 0.29) is 5.91 Å². The lowest BCUT2D eigenvalue weighted by atomic mass is 10.0. The molecule has 0 bridgehead atoms. The highest BCUT2D eigenvalue weighted by Crippen LogP contribution is 2.28. The minimum Gasteiger partial charge on any atom is -0.497 e. The van der Waals surface area contributed by atoms with Crippen LogP contribution in [0, 0.1) is 0 Å². The van der Waals surface area contributed by atoms with Gasteiger partial charge in [-0.05, 0) is 54.1 Å². The molecule has 1 amide bonds. The van der Waals surface area contributed by atoms with Gasteiger partial charge in [-0.2, -0.15) is 0 Å². The van der Waals surface area contributed by atoms with Gasteiger partial charge in [0.25, 0.3) is 5.91 Å². The maximum atomic E-state index is 13.3. The number of hydrogen-bond donors (Lipinski definition) is 1. The van der Waals surface area contributed by atoms with E-state index in [1.807, 2.05) is 78.9 Å². The SMILES string of the molecule is COc1ccc(-c2cc(C(=O)Nc3ncc(Cc4ccc(Cl)cc4)s3)c3ccccc3n2)cc1. The van der Waals surface area contributed by atoms with E-state index >= 15 is 0 Å². The molecule has 0 saturated heterocycles. The monoisotopic (exact) mass is 485 g/mol. The van der Waals surface area contributed by atoms with Crippen molar-refractivity contribution in [2.45, 2.75) is 6.42 Å². The number of aromatic nitrogens is 2. The van der Waals surface area contributed by atoms with Crippen LogP contribution in [0.4, 0.5) is 5.13 Å². The smallest absolute Gasteiger partial charge is 0.258 e. The topological polar surface area (TPSA) is 64.1 Å². The van der Waals surface area contributed by atoms with Crippen molar-refractivity contribution in [3.63, 3.8) is 0 Å². The fourth-order valence-electron chi connectivity index (χ4n) is 3.69. The Bertz CT molecular complexity index is 1460. The molecule has 0 aliphatic heterocycles. The summed E-state index contributed by atoms with van der Waals surface area (Å²) in [6, 6.07) is 24.8. The van der Waals surface area contributed by atoms with Crippen molar-refractivity contribution in [2.75, 3.05) is 12.4 Å². The molecule has 0 aliphatic carbocycles. The standard InChI is InChI=1S/C27H20ClN3O2S/c1-33-20-12-8-18(9-13-20)25-15-23(22-4-2-3-5-24(22)30-25)26(32)31-27-29-16-21(34-27)14-17-6-10-19(28)11-7-17/h2-13,15-16H,14H2,1H3,(H,29,31,32). The van der Waals surface area contributed by atoms with Gasteiger partial charge >= 0.3 is 0 Å². The van der Waals surface area contributed by atoms with Crippen LogP contribution in [0.2, 0.25) is 5.02 Å². The van der Waals surface area contributed by atoms with Gasteiger partial charge in [-0.15, -0.1) is 11.3 Å². The summed E-state index contributed by atoms with van der Waals surface area (Å²) < 4.78 is 5.25. The molecule has 1 N–H and O–H groups in total. The highest BCUT2D eigenvalue weighted by molar-refractivity contribution is 7.15. The molecule has 168 valence electrons. The van der Waals surface area contributed by atoms with E-state index in [9.17, 15) is 4.79 Å². The molecule has 0 radical (unpaired) electrons. The van der Waals surface area contributed by atoms with Crippen LogP contribution in [0.3, 0.4) is 0 Å². The summed E-state index contributed by atoms with van der Waals surface area (Å²) in [6.07, 6.45) is 2.52. The summed E-state index contributed by atoms with van der Waals surface area (Å²) in [5.74, 6) is 0.543. The molecular weight excluding hydrogens is 466 g/mol. The molecule has 5 nitrogen and oxygen atoms in total. The van der Waals surface area contributed by atoms with Gasteiger partial charge in [-0.1, -0.05) is 41.9 Å². The van der Waals surface area contributed by atoms with Crippen LogP contribution < -0.4 is 10.1 Å². The zero-order valence-corrected chi connectivity index (χ0v) is 19.9. The number of pyridine rings is 1. The van der Waals surface area contributed by atoms with E-state index in [1.54, 1.807) is 13.3 Å². The fourth-order valence-corrected chi connectivity index (χ4v) is 4.66. The van der Waals surface area contributed by atoms with Crippen LogP contribution in [0.5, 0.6) is 5.75 Å². The minimum atomic E-state index is -0.222. The van der Waals surface area contributed by atoms with Crippen molar-refractivity contribution in [3.8, 4) is 17.0 Å². The lowest BCUT2D eigenvalue weighted by Gasteiger charge is -2.10. The van der Waals surface area contributed by atoms with Crippen LogP contribution in [0.1, 0.15) is 20.8 Å². The first-order chi connectivity index (χ1) is 16.6. The summed E-state index contributed by atoms with van der Waals surface area (Å²) in [6.45, 7) is 0. The van der Waals surface area contributed by atoms with Gasteiger partial charge in [-0.25, -0.2) is 9.97 Å². The Morgan fingerprint density at radius 3 is 2.56 bits per heavy atom. The number of nitrogens with one attached hydrogen (secondary N) is 1. The second-order valence-electron chi connectivity index (χ2n) is 7.69. The Kier molecular flexibility index (Phi) is 6.25. The van der Waals surface area contributed by atoms with E-state index in [4.69, 9.17) is 21.3 Å².